The van der Waals surface area contributed by atoms with E-state index >= 15 is 0 Å². The number of nitrogens with zero attached hydrogens (tertiary/aromatic N) is 5. The lowest BCUT2D eigenvalue weighted by Crippen LogP contribution is -2.36. The lowest BCUT2D eigenvalue weighted by atomic mass is 10.2. The van der Waals surface area contributed by atoms with Crippen LogP contribution < -0.4 is 10.2 Å². The molecular formula is C20H24N6O3. The fraction of sp³-hybridized carbons (Fsp3) is 0.400. The number of morpholine rings is 1. The number of carbonyl (C=O) groups is 1. The van der Waals surface area contributed by atoms with Crippen LogP contribution >= 0.6 is 0 Å². The minimum Gasteiger partial charge on any atom is -0.419 e. The van der Waals surface area contributed by atoms with E-state index < -0.39 is 0 Å². The lowest BCUT2D eigenvalue weighted by Gasteiger charge is -2.28. The first kappa shape index (κ1) is 19.1. The molecule has 0 spiro atoms. The number of carbonyl (C=O) groups excluding carboxylic acids is 1. The quantitative estimate of drug-likeness (QED) is 0.682. The maximum absolute atomic E-state index is 12.3. The number of aromatic nitrogens is 4. The molecule has 1 aliphatic heterocycles. The Morgan fingerprint density at radius 1 is 1.17 bits per heavy atom. The zero-order chi connectivity index (χ0) is 20.2. The minimum absolute atomic E-state index is 0.0970. The summed E-state index contributed by atoms with van der Waals surface area (Å²) in [4.78, 5) is 14.5. The van der Waals surface area contributed by atoms with E-state index in [1.54, 1.807) is 4.68 Å². The van der Waals surface area contributed by atoms with Crippen LogP contribution in [0.15, 0.2) is 34.7 Å². The standard InChI is InChI=1S/C20H24N6O3/c1-14-13-17(25(2)24-14)20-23-22-19(29-20)8-7-18(27)21-15-3-5-16(6-4-15)26-9-11-28-12-10-26/h3-6,13H,7-12H2,1-2H3,(H,21,27). The summed E-state index contributed by atoms with van der Waals surface area (Å²) < 4.78 is 12.7. The van der Waals surface area contributed by atoms with Crippen LogP contribution in [0.3, 0.4) is 0 Å². The van der Waals surface area contributed by atoms with Gasteiger partial charge >= 0.3 is 0 Å². The molecule has 29 heavy (non-hydrogen) atoms. The summed E-state index contributed by atoms with van der Waals surface area (Å²) in [6.45, 7) is 5.16. The highest BCUT2D eigenvalue weighted by Gasteiger charge is 2.15. The molecule has 3 aromatic rings. The van der Waals surface area contributed by atoms with Crippen molar-refractivity contribution in [3.8, 4) is 11.6 Å². The summed E-state index contributed by atoms with van der Waals surface area (Å²) in [6, 6.07) is 9.74. The maximum Gasteiger partial charge on any atom is 0.265 e. The molecule has 0 bridgehead atoms. The molecule has 4 rings (SSSR count). The topological polar surface area (TPSA) is 98.3 Å². The number of aryl methyl sites for hydroxylation is 3. The van der Waals surface area contributed by atoms with Crippen molar-refractivity contribution in [1.82, 2.24) is 20.0 Å². The van der Waals surface area contributed by atoms with Gasteiger partial charge in [0.15, 0.2) is 0 Å². The third-order valence-corrected chi connectivity index (χ3v) is 4.78. The van der Waals surface area contributed by atoms with Gasteiger partial charge in [-0.3, -0.25) is 9.48 Å². The lowest BCUT2D eigenvalue weighted by molar-refractivity contribution is -0.116. The van der Waals surface area contributed by atoms with Gasteiger partial charge in [0.1, 0.15) is 5.69 Å². The van der Waals surface area contributed by atoms with E-state index in [-0.39, 0.29) is 12.3 Å². The van der Waals surface area contributed by atoms with Gasteiger partial charge in [0.25, 0.3) is 5.89 Å². The number of benzene rings is 1. The largest absolute Gasteiger partial charge is 0.419 e. The molecule has 152 valence electrons. The first-order valence-electron chi connectivity index (χ1n) is 9.64. The van der Waals surface area contributed by atoms with Crippen LogP contribution in [0, 0.1) is 6.92 Å². The summed E-state index contributed by atoms with van der Waals surface area (Å²) in [5.74, 6) is 0.735. The van der Waals surface area contributed by atoms with Crippen LogP contribution in [0.2, 0.25) is 0 Å². The number of hydrogen-bond donors (Lipinski definition) is 1. The zero-order valence-corrected chi connectivity index (χ0v) is 16.6. The van der Waals surface area contributed by atoms with Crippen LogP contribution in [-0.2, 0) is 23.0 Å². The molecule has 2 aromatic heterocycles. The van der Waals surface area contributed by atoms with Crippen molar-refractivity contribution in [2.45, 2.75) is 19.8 Å². The second-order valence-electron chi connectivity index (χ2n) is 6.99. The van der Waals surface area contributed by atoms with Gasteiger partial charge in [-0.05, 0) is 37.3 Å². The Balaban J connectivity index is 1.29. The average molecular weight is 396 g/mol. The highest BCUT2D eigenvalue weighted by molar-refractivity contribution is 5.90. The van der Waals surface area contributed by atoms with E-state index in [0.29, 0.717) is 18.2 Å². The van der Waals surface area contributed by atoms with E-state index in [0.717, 1.165) is 49.1 Å². The van der Waals surface area contributed by atoms with Gasteiger partial charge in [-0.1, -0.05) is 0 Å². The van der Waals surface area contributed by atoms with Crippen molar-refractivity contribution >= 4 is 17.3 Å². The minimum atomic E-state index is -0.0970. The zero-order valence-electron chi connectivity index (χ0n) is 16.6. The third kappa shape index (κ3) is 4.62. The molecule has 1 N–H and O–H groups in total. The molecule has 1 fully saturated rings. The number of anilines is 2. The normalized spacial score (nSPS) is 14.2. The Bertz CT molecular complexity index is 973. The van der Waals surface area contributed by atoms with Gasteiger partial charge in [0, 0.05) is 44.4 Å². The molecule has 1 amide bonds. The molecule has 9 heteroatoms. The summed E-state index contributed by atoms with van der Waals surface area (Å²) in [5.41, 5.74) is 3.53. The number of nitrogens with one attached hydrogen (secondary N) is 1. The summed E-state index contributed by atoms with van der Waals surface area (Å²) in [7, 11) is 1.82. The maximum atomic E-state index is 12.3. The molecule has 0 saturated carbocycles. The summed E-state index contributed by atoms with van der Waals surface area (Å²) >= 11 is 0. The van der Waals surface area contributed by atoms with Gasteiger partial charge in [-0.15, -0.1) is 10.2 Å². The van der Waals surface area contributed by atoms with Crippen LogP contribution in [-0.4, -0.2) is 52.2 Å². The molecule has 3 heterocycles. The van der Waals surface area contributed by atoms with E-state index in [2.05, 4.69) is 25.5 Å². The van der Waals surface area contributed by atoms with Gasteiger partial charge in [-0.25, -0.2) is 0 Å². The molecule has 1 aliphatic rings. The van der Waals surface area contributed by atoms with E-state index in [1.165, 1.54) is 0 Å². The molecular weight excluding hydrogens is 372 g/mol. The summed E-state index contributed by atoms with van der Waals surface area (Å²) in [5, 5.41) is 15.3. The van der Waals surface area contributed by atoms with Gasteiger partial charge in [0.05, 0.1) is 18.9 Å². The average Bonchev–Trinajstić information content (AvgIpc) is 3.33. The highest BCUT2D eigenvalue weighted by Crippen LogP contribution is 2.20. The fourth-order valence-electron chi connectivity index (χ4n) is 3.29. The third-order valence-electron chi connectivity index (χ3n) is 4.78. The Labute approximate surface area is 168 Å². The molecule has 0 atom stereocenters. The van der Waals surface area contributed by atoms with Gasteiger partial charge < -0.3 is 19.4 Å². The van der Waals surface area contributed by atoms with Crippen molar-refractivity contribution < 1.29 is 13.9 Å². The van der Waals surface area contributed by atoms with Crippen LogP contribution in [0.1, 0.15) is 18.0 Å². The molecule has 0 unspecified atom stereocenters. The van der Waals surface area contributed by atoms with E-state index in [4.69, 9.17) is 9.15 Å². The summed E-state index contributed by atoms with van der Waals surface area (Å²) in [6.07, 6.45) is 0.638. The van der Waals surface area contributed by atoms with Crippen molar-refractivity contribution in [3.05, 3.63) is 41.9 Å². The van der Waals surface area contributed by atoms with Crippen LogP contribution in [0.25, 0.3) is 11.6 Å². The molecule has 0 aliphatic carbocycles. The fourth-order valence-corrected chi connectivity index (χ4v) is 3.29. The van der Waals surface area contributed by atoms with Crippen molar-refractivity contribution in [1.29, 1.82) is 0 Å². The van der Waals surface area contributed by atoms with Gasteiger partial charge in [-0.2, -0.15) is 5.10 Å². The van der Waals surface area contributed by atoms with Crippen molar-refractivity contribution in [3.63, 3.8) is 0 Å². The molecule has 9 nitrogen and oxygen atoms in total. The monoisotopic (exact) mass is 396 g/mol. The van der Waals surface area contributed by atoms with Crippen LogP contribution in [0.5, 0.6) is 0 Å². The van der Waals surface area contributed by atoms with E-state index in [1.807, 2.05) is 44.3 Å². The van der Waals surface area contributed by atoms with Crippen molar-refractivity contribution in [2.75, 3.05) is 36.5 Å². The first-order chi connectivity index (χ1) is 14.1. The molecule has 0 radical (unpaired) electrons. The Kier molecular flexibility index (Phi) is 5.57. The predicted molar refractivity (Wildman–Crippen MR) is 108 cm³/mol. The smallest absolute Gasteiger partial charge is 0.265 e. The Morgan fingerprint density at radius 3 is 2.62 bits per heavy atom. The first-order valence-corrected chi connectivity index (χ1v) is 9.64. The van der Waals surface area contributed by atoms with Crippen molar-refractivity contribution in [2.24, 2.45) is 7.05 Å². The predicted octanol–water partition coefficient (Wildman–Crippen LogP) is 2.19. The number of ether oxygens (including phenoxy) is 1. The molecule has 1 aromatic carbocycles. The van der Waals surface area contributed by atoms with Crippen LogP contribution in [0.4, 0.5) is 11.4 Å². The Hall–Kier alpha value is -3.20. The van der Waals surface area contributed by atoms with E-state index in [9.17, 15) is 4.79 Å². The second-order valence-corrected chi connectivity index (χ2v) is 6.99. The molecule has 1 saturated heterocycles. The number of hydrogen-bond acceptors (Lipinski definition) is 7. The number of rotatable bonds is 6. The highest BCUT2D eigenvalue weighted by atomic mass is 16.5. The SMILES string of the molecule is Cc1cc(-c2nnc(CCC(=O)Nc3ccc(N4CCOCC4)cc3)o2)n(C)n1. The Morgan fingerprint density at radius 2 is 1.93 bits per heavy atom. The van der Waals surface area contributed by atoms with Gasteiger partial charge in [0.2, 0.25) is 11.8 Å². The number of amides is 1. The second kappa shape index (κ2) is 8.44.